The molecule has 0 radical (unpaired) electrons. The molecule has 0 unspecified atom stereocenters. The van der Waals surface area contributed by atoms with E-state index in [0.29, 0.717) is 35.0 Å². The molecule has 0 saturated heterocycles. The maximum atomic E-state index is 14.2. The summed E-state index contributed by atoms with van der Waals surface area (Å²) in [5.74, 6) is 0.867. The summed E-state index contributed by atoms with van der Waals surface area (Å²) in [6, 6.07) is 14.5. The molecule has 0 saturated carbocycles. The number of carbonyl (C=O) groups excluding carboxylic acids is 1. The molecule has 7 heteroatoms. The Balaban J connectivity index is 1.64. The van der Waals surface area contributed by atoms with E-state index < -0.39 is 0 Å². The monoisotopic (exact) mass is 493 g/mol. The minimum Gasteiger partial charge on any atom is -0.496 e. The summed E-state index contributed by atoms with van der Waals surface area (Å²) < 4.78 is 19.6. The van der Waals surface area contributed by atoms with Crippen molar-refractivity contribution < 1.29 is 13.9 Å². The van der Waals surface area contributed by atoms with E-state index in [-0.39, 0.29) is 11.7 Å². The lowest BCUT2D eigenvalue weighted by Gasteiger charge is -2.15. The van der Waals surface area contributed by atoms with Gasteiger partial charge in [0.05, 0.1) is 12.9 Å². The molecule has 0 spiro atoms. The van der Waals surface area contributed by atoms with Gasteiger partial charge in [0.2, 0.25) is 0 Å². The maximum absolute atomic E-state index is 14.2. The molecule has 0 aliphatic carbocycles. The van der Waals surface area contributed by atoms with Crippen molar-refractivity contribution in [2.24, 2.45) is 4.99 Å². The molecule has 3 aromatic carbocycles. The second kappa shape index (κ2) is 10.9. The molecule has 1 aliphatic rings. The first-order valence-corrected chi connectivity index (χ1v) is 12.0. The Morgan fingerprint density at radius 3 is 2.60 bits per heavy atom. The zero-order chi connectivity index (χ0) is 24.9. The van der Waals surface area contributed by atoms with Gasteiger partial charge in [0, 0.05) is 48.3 Å². The molecule has 182 valence electrons. The fourth-order valence-electron chi connectivity index (χ4n) is 4.13. The van der Waals surface area contributed by atoms with Crippen molar-refractivity contribution in [1.82, 2.24) is 10.6 Å². The molecule has 3 aromatic rings. The van der Waals surface area contributed by atoms with Gasteiger partial charge in [0.25, 0.3) is 5.91 Å². The lowest BCUT2D eigenvalue weighted by molar-refractivity contribution is 0.0951. The lowest BCUT2D eigenvalue weighted by atomic mass is 9.97. The number of amides is 1. The fraction of sp³-hybridized carbons (Fsp3) is 0.286. The molecule has 1 aliphatic heterocycles. The van der Waals surface area contributed by atoms with Crippen molar-refractivity contribution >= 4 is 23.3 Å². The van der Waals surface area contributed by atoms with Gasteiger partial charge < -0.3 is 15.4 Å². The van der Waals surface area contributed by atoms with Gasteiger partial charge >= 0.3 is 0 Å². The first-order chi connectivity index (χ1) is 16.8. The van der Waals surface area contributed by atoms with E-state index in [0.717, 1.165) is 53.0 Å². The highest BCUT2D eigenvalue weighted by Crippen LogP contribution is 2.33. The van der Waals surface area contributed by atoms with Gasteiger partial charge in [0.15, 0.2) is 0 Å². The van der Waals surface area contributed by atoms with Crippen LogP contribution in [0.15, 0.2) is 53.5 Å². The highest BCUT2D eigenvalue weighted by Gasteiger charge is 2.15. The van der Waals surface area contributed by atoms with Crippen LogP contribution in [0.25, 0.3) is 11.1 Å². The average Bonchev–Trinajstić information content (AvgIpc) is 3.38. The average molecular weight is 494 g/mol. The molecule has 2 N–H and O–H groups in total. The second-order valence-corrected chi connectivity index (χ2v) is 9.18. The third-order valence-corrected chi connectivity index (χ3v) is 6.52. The van der Waals surface area contributed by atoms with Crippen LogP contribution < -0.4 is 15.4 Å². The number of aliphatic imine (C=N–C) groups is 1. The molecule has 1 heterocycles. The number of nitrogens with zero attached hydrogens (tertiary/aromatic N) is 1. The van der Waals surface area contributed by atoms with Crippen LogP contribution in [0.4, 0.5) is 4.39 Å². The molecular weight excluding hydrogens is 465 g/mol. The van der Waals surface area contributed by atoms with Crippen molar-refractivity contribution in [3.05, 3.63) is 87.2 Å². The predicted molar refractivity (Wildman–Crippen MR) is 139 cm³/mol. The molecule has 0 atom stereocenters. The SMILES string of the molecule is COc1cc(F)c(C)cc1-c1cc(CNC2=NCCC2)cc(C(=O)NCc2ccc(Cl)c(C)c2)c1. The van der Waals surface area contributed by atoms with Gasteiger partial charge in [0.1, 0.15) is 11.6 Å². The first-order valence-electron chi connectivity index (χ1n) is 11.6. The maximum Gasteiger partial charge on any atom is 0.251 e. The fourth-order valence-corrected chi connectivity index (χ4v) is 4.25. The Morgan fingerprint density at radius 1 is 1.06 bits per heavy atom. The van der Waals surface area contributed by atoms with Gasteiger partial charge in [-0.15, -0.1) is 0 Å². The quantitative estimate of drug-likeness (QED) is 0.425. The van der Waals surface area contributed by atoms with Crippen molar-refractivity contribution in [3.8, 4) is 16.9 Å². The summed E-state index contributed by atoms with van der Waals surface area (Å²) in [6.45, 7) is 5.40. The molecule has 0 fully saturated rings. The van der Waals surface area contributed by atoms with E-state index in [1.807, 2.05) is 43.3 Å². The number of hydrogen-bond acceptors (Lipinski definition) is 4. The number of halogens is 2. The highest BCUT2D eigenvalue weighted by molar-refractivity contribution is 6.31. The number of aryl methyl sites for hydroxylation is 2. The molecule has 35 heavy (non-hydrogen) atoms. The number of carbonyl (C=O) groups is 1. The summed E-state index contributed by atoms with van der Waals surface area (Å²) in [5, 5.41) is 7.07. The predicted octanol–water partition coefficient (Wildman–Crippen LogP) is 5.98. The molecule has 5 nitrogen and oxygen atoms in total. The van der Waals surface area contributed by atoms with E-state index >= 15 is 0 Å². The van der Waals surface area contributed by atoms with Crippen LogP contribution in [0.3, 0.4) is 0 Å². The molecule has 0 aromatic heterocycles. The number of benzene rings is 3. The van der Waals surface area contributed by atoms with Gasteiger partial charge in [-0.25, -0.2) is 4.39 Å². The Kier molecular flexibility index (Phi) is 7.71. The Hall–Kier alpha value is -3.38. The van der Waals surface area contributed by atoms with Gasteiger partial charge in [-0.2, -0.15) is 0 Å². The zero-order valence-corrected chi connectivity index (χ0v) is 20.9. The molecular formula is C28H29ClFN3O2. The van der Waals surface area contributed by atoms with Crippen LogP contribution in [-0.2, 0) is 13.1 Å². The van der Waals surface area contributed by atoms with Gasteiger partial charge in [-0.1, -0.05) is 23.7 Å². The van der Waals surface area contributed by atoms with Crippen LogP contribution in [-0.4, -0.2) is 25.4 Å². The zero-order valence-electron chi connectivity index (χ0n) is 20.2. The van der Waals surface area contributed by atoms with Crippen LogP contribution in [0.5, 0.6) is 5.75 Å². The summed E-state index contributed by atoms with van der Waals surface area (Å²) in [7, 11) is 1.51. The Morgan fingerprint density at radius 2 is 1.89 bits per heavy atom. The van der Waals surface area contributed by atoms with Crippen molar-refractivity contribution in [2.75, 3.05) is 13.7 Å². The summed E-state index contributed by atoms with van der Waals surface area (Å²) >= 11 is 6.12. The normalized spacial score (nSPS) is 12.9. The lowest BCUT2D eigenvalue weighted by Crippen LogP contribution is -2.24. The van der Waals surface area contributed by atoms with Crippen molar-refractivity contribution in [2.45, 2.75) is 39.8 Å². The number of rotatable bonds is 7. The largest absolute Gasteiger partial charge is 0.496 e. The number of hydrogen-bond donors (Lipinski definition) is 2. The number of ether oxygens (including phenoxy) is 1. The minimum absolute atomic E-state index is 0.197. The first kappa shape index (κ1) is 24.7. The smallest absolute Gasteiger partial charge is 0.251 e. The number of nitrogens with one attached hydrogen (secondary N) is 2. The van der Waals surface area contributed by atoms with Crippen LogP contribution in [0.2, 0.25) is 5.02 Å². The van der Waals surface area contributed by atoms with E-state index in [2.05, 4.69) is 15.6 Å². The number of amidine groups is 1. The third kappa shape index (κ3) is 6.01. The molecule has 4 rings (SSSR count). The Bertz CT molecular complexity index is 1290. The van der Waals surface area contributed by atoms with Crippen molar-refractivity contribution in [1.29, 1.82) is 0 Å². The van der Waals surface area contributed by atoms with Crippen molar-refractivity contribution in [3.63, 3.8) is 0 Å². The molecule has 1 amide bonds. The third-order valence-electron chi connectivity index (χ3n) is 6.09. The van der Waals surface area contributed by atoms with Crippen LogP contribution in [0, 0.1) is 19.7 Å². The standard InChI is InChI=1S/C28H29ClFN3O2/c1-17-9-19(6-7-24(17)29)15-33-28(34)22-12-20(16-32-27-5-4-8-31-27)11-21(13-22)23-10-18(2)25(30)14-26(23)35-3/h6-7,9-14H,4-5,8,15-16H2,1-3H3,(H,31,32)(H,33,34). The van der Waals surface area contributed by atoms with E-state index in [1.54, 1.807) is 13.0 Å². The van der Waals surface area contributed by atoms with Crippen LogP contribution in [0.1, 0.15) is 45.5 Å². The van der Waals surface area contributed by atoms with Crippen LogP contribution >= 0.6 is 11.6 Å². The number of methoxy groups -OCH3 is 1. The summed E-state index contributed by atoms with van der Waals surface area (Å²) in [6.07, 6.45) is 1.98. The van der Waals surface area contributed by atoms with E-state index in [9.17, 15) is 9.18 Å². The second-order valence-electron chi connectivity index (χ2n) is 8.77. The molecule has 0 bridgehead atoms. The Labute approximate surface area is 210 Å². The van der Waals surface area contributed by atoms with E-state index in [1.165, 1.54) is 13.2 Å². The van der Waals surface area contributed by atoms with E-state index in [4.69, 9.17) is 16.3 Å². The van der Waals surface area contributed by atoms with Gasteiger partial charge in [-0.05, 0) is 78.4 Å². The summed E-state index contributed by atoms with van der Waals surface area (Å²) in [5.41, 5.74) is 5.39. The minimum atomic E-state index is -0.334. The summed E-state index contributed by atoms with van der Waals surface area (Å²) in [4.78, 5) is 17.6. The van der Waals surface area contributed by atoms with Gasteiger partial charge in [-0.3, -0.25) is 9.79 Å². The highest BCUT2D eigenvalue weighted by atomic mass is 35.5. The topological polar surface area (TPSA) is 62.7 Å².